The quantitative estimate of drug-likeness (QED) is 0.445. The molecule has 10 nitrogen and oxygen atoms in total. The number of aromatic nitrogens is 4. The number of anilines is 3. The largest absolute Gasteiger partial charge is 0.378 e. The van der Waals surface area contributed by atoms with Crippen molar-refractivity contribution in [1.82, 2.24) is 30.2 Å². The van der Waals surface area contributed by atoms with Crippen molar-refractivity contribution in [2.45, 2.75) is 57.5 Å². The van der Waals surface area contributed by atoms with Gasteiger partial charge in [-0.3, -0.25) is 4.79 Å². The first-order valence-electron chi connectivity index (χ1n) is 13.0. The number of alkyl halides is 1. The van der Waals surface area contributed by atoms with Gasteiger partial charge in [-0.05, 0) is 52.3 Å². The van der Waals surface area contributed by atoms with Crippen molar-refractivity contribution in [3.05, 3.63) is 36.3 Å². The first-order chi connectivity index (χ1) is 17.9. The Labute approximate surface area is 216 Å². The molecule has 37 heavy (non-hydrogen) atoms. The Morgan fingerprint density at radius 2 is 2.03 bits per heavy atom. The zero-order valence-electron chi connectivity index (χ0n) is 21.6. The number of piperidine rings is 2. The number of amides is 1. The fourth-order valence-corrected chi connectivity index (χ4v) is 5.08. The maximum Gasteiger partial charge on any atom is 0.253 e. The van der Waals surface area contributed by atoms with E-state index in [-0.39, 0.29) is 24.5 Å². The summed E-state index contributed by atoms with van der Waals surface area (Å²) < 4.78 is 21.7. The lowest BCUT2D eigenvalue weighted by molar-refractivity contribution is 0.0194. The van der Waals surface area contributed by atoms with Crippen LogP contribution in [0.2, 0.25) is 0 Å². The number of pyridine rings is 1. The average Bonchev–Trinajstić information content (AvgIpc) is 3.29. The molecule has 0 radical (unpaired) electrons. The number of fused-ring (bicyclic) bond motifs is 1. The summed E-state index contributed by atoms with van der Waals surface area (Å²) in [5.41, 5.74) is 1.55. The summed E-state index contributed by atoms with van der Waals surface area (Å²) in [5, 5.41) is 10.6. The van der Waals surface area contributed by atoms with E-state index in [2.05, 4.69) is 49.3 Å². The summed E-state index contributed by atoms with van der Waals surface area (Å²) in [4.78, 5) is 28.5. The maximum atomic E-state index is 14.4. The molecule has 3 aromatic rings. The Hall–Kier alpha value is -3.31. The van der Waals surface area contributed by atoms with Crippen molar-refractivity contribution in [2.24, 2.45) is 0 Å². The number of methoxy groups -OCH3 is 1. The van der Waals surface area contributed by atoms with E-state index in [9.17, 15) is 9.18 Å². The number of hydrogen-bond acceptors (Lipinski definition) is 8. The molecule has 3 aromatic heterocycles. The molecule has 0 saturated carbocycles. The van der Waals surface area contributed by atoms with Crippen LogP contribution in [-0.4, -0.2) is 77.0 Å². The van der Waals surface area contributed by atoms with Gasteiger partial charge in [-0.25, -0.2) is 14.4 Å². The van der Waals surface area contributed by atoms with Crippen LogP contribution in [0.15, 0.2) is 30.7 Å². The highest BCUT2D eigenvalue weighted by Crippen LogP contribution is 2.28. The van der Waals surface area contributed by atoms with Crippen molar-refractivity contribution >= 4 is 34.4 Å². The van der Waals surface area contributed by atoms with Gasteiger partial charge in [-0.15, -0.1) is 0 Å². The molecule has 5 heterocycles. The zero-order chi connectivity index (χ0) is 25.9. The van der Waals surface area contributed by atoms with E-state index < -0.39 is 12.3 Å². The van der Waals surface area contributed by atoms with E-state index in [4.69, 9.17) is 4.74 Å². The highest BCUT2D eigenvalue weighted by molar-refractivity contribution is 6.07. The summed E-state index contributed by atoms with van der Waals surface area (Å²) in [7, 11) is 1.54. The highest BCUT2D eigenvalue weighted by Gasteiger charge is 2.30. The van der Waals surface area contributed by atoms with Gasteiger partial charge in [0.1, 0.15) is 17.8 Å². The normalized spacial score (nSPS) is 20.9. The Bertz CT molecular complexity index is 1240. The lowest BCUT2D eigenvalue weighted by atomic mass is 10.1. The van der Waals surface area contributed by atoms with Crippen LogP contribution < -0.4 is 20.9 Å². The zero-order valence-corrected chi connectivity index (χ0v) is 21.6. The Morgan fingerprint density at radius 3 is 2.76 bits per heavy atom. The molecule has 2 saturated heterocycles. The second kappa shape index (κ2) is 11.0. The van der Waals surface area contributed by atoms with Crippen molar-refractivity contribution in [3.8, 4) is 0 Å². The van der Waals surface area contributed by atoms with Gasteiger partial charge < -0.3 is 30.2 Å². The van der Waals surface area contributed by atoms with E-state index in [0.717, 1.165) is 36.8 Å². The van der Waals surface area contributed by atoms with Crippen molar-refractivity contribution in [1.29, 1.82) is 0 Å². The fraction of sp³-hybridized carbons (Fsp3) is 0.538. The number of carbonyl (C=O) groups is 1. The van der Waals surface area contributed by atoms with Gasteiger partial charge in [0.2, 0.25) is 5.95 Å². The van der Waals surface area contributed by atoms with Gasteiger partial charge in [-0.2, -0.15) is 4.98 Å². The molecule has 0 aromatic carbocycles. The minimum atomic E-state index is -1.09. The van der Waals surface area contributed by atoms with E-state index in [1.165, 1.54) is 7.11 Å². The van der Waals surface area contributed by atoms with Crippen LogP contribution in [0.4, 0.5) is 22.0 Å². The van der Waals surface area contributed by atoms with Crippen LogP contribution in [0, 0.1) is 0 Å². The molecule has 2 aliphatic heterocycles. The average molecular weight is 511 g/mol. The molecule has 1 amide bonds. The molecule has 3 N–H and O–H groups in total. The van der Waals surface area contributed by atoms with E-state index >= 15 is 0 Å². The number of ether oxygens (including phenoxy) is 1. The molecule has 2 aliphatic rings. The molecule has 11 heteroatoms. The molecular formula is C26H35FN8O2. The van der Waals surface area contributed by atoms with Crippen molar-refractivity contribution in [2.75, 3.05) is 43.5 Å². The van der Waals surface area contributed by atoms with Crippen LogP contribution in [0.5, 0.6) is 0 Å². The summed E-state index contributed by atoms with van der Waals surface area (Å²) in [6.07, 6.45) is 6.26. The summed E-state index contributed by atoms with van der Waals surface area (Å²) >= 11 is 0. The van der Waals surface area contributed by atoms with Crippen LogP contribution in [0.25, 0.3) is 10.9 Å². The molecule has 0 spiro atoms. The first-order valence-corrected chi connectivity index (χ1v) is 13.0. The molecular weight excluding hydrogens is 475 g/mol. The lowest BCUT2D eigenvalue weighted by Gasteiger charge is -2.33. The van der Waals surface area contributed by atoms with Crippen LogP contribution >= 0.6 is 0 Å². The van der Waals surface area contributed by atoms with Crippen LogP contribution in [-0.2, 0) is 4.74 Å². The van der Waals surface area contributed by atoms with E-state index in [1.54, 1.807) is 18.5 Å². The first kappa shape index (κ1) is 25.3. The maximum absolute atomic E-state index is 14.4. The van der Waals surface area contributed by atoms with Crippen molar-refractivity contribution < 1.29 is 13.9 Å². The second-order valence-electron chi connectivity index (χ2n) is 10.0. The molecule has 0 unspecified atom stereocenters. The molecule has 2 fully saturated rings. The highest BCUT2D eigenvalue weighted by atomic mass is 19.1. The van der Waals surface area contributed by atoms with E-state index in [0.29, 0.717) is 36.1 Å². The van der Waals surface area contributed by atoms with Gasteiger partial charge >= 0.3 is 0 Å². The van der Waals surface area contributed by atoms with Crippen LogP contribution in [0.3, 0.4) is 0 Å². The lowest BCUT2D eigenvalue weighted by Crippen LogP contribution is -2.46. The predicted molar refractivity (Wildman–Crippen MR) is 141 cm³/mol. The third kappa shape index (κ3) is 5.52. The van der Waals surface area contributed by atoms with Gasteiger partial charge in [0.15, 0.2) is 0 Å². The van der Waals surface area contributed by atoms with Gasteiger partial charge in [-0.1, -0.05) is 0 Å². The summed E-state index contributed by atoms with van der Waals surface area (Å²) in [6, 6.07) is 4.02. The van der Waals surface area contributed by atoms with E-state index in [1.807, 2.05) is 17.2 Å². The SMILES string of the molecule is CO[C@@H]1CCN(c2nccc(Nc3cc4c(cn3)c(C(=O)NC3CCNCC3)cn4C(C)C)n2)C[C@@H]1F. The summed E-state index contributed by atoms with van der Waals surface area (Å²) in [6.45, 7) is 6.82. The minimum absolute atomic E-state index is 0.0670. The Balaban J connectivity index is 1.36. The fourth-order valence-electron chi connectivity index (χ4n) is 5.08. The Kier molecular flexibility index (Phi) is 7.52. The monoisotopic (exact) mass is 510 g/mol. The number of rotatable bonds is 7. The molecule has 0 bridgehead atoms. The topological polar surface area (TPSA) is 109 Å². The molecule has 0 aliphatic carbocycles. The summed E-state index contributed by atoms with van der Waals surface area (Å²) in [5.74, 6) is 1.56. The number of hydrogen-bond donors (Lipinski definition) is 3. The molecule has 2 atom stereocenters. The number of nitrogens with zero attached hydrogens (tertiary/aromatic N) is 5. The van der Waals surface area contributed by atoms with Crippen LogP contribution in [0.1, 0.15) is 49.5 Å². The predicted octanol–water partition coefficient (Wildman–Crippen LogP) is 3.20. The standard InChI is InChI=1S/C26H35FN8O2/c1-16(2)35-14-19(25(36)31-17-4-8-28-9-5-17)18-13-30-24(12-21(18)35)32-23-6-10-29-26(33-23)34-11-7-22(37-3)20(27)15-34/h6,10,12-14,16-17,20,22,28H,4-5,7-9,11,15H2,1-3H3,(H,31,36)(H,29,30,32,33)/t20-,22+/m0/s1. The third-order valence-electron chi connectivity index (χ3n) is 7.16. The van der Waals surface area contributed by atoms with Gasteiger partial charge in [0.05, 0.1) is 23.7 Å². The Morgan fingerprint density at radius 1 is 1.22 bits per heavy atom. The van der Waals surface area contributed by atoms with Gasteiger partial charge in [0.25, 0.3) is 5.91 Å². The second-order valence-corrected chi connectivity index (χ2v) is 10.0. The van der Waals surface area contributed by atoms with Gasteiger partial charge in [0, 0.05) is 55.8 Å². The number of nitrogens with one attached hydrogen (secondary N) is 3. The molecule has 198 valence electrons. The van der Waals surface area contributed by atoms with Crippen molar-refractivity contribution in [3.63, 3.8) is 0 Å². The molecule has 5 rings (SSSR count). The minimum Gasteiger partial charge on any atom is -0.378 e. The third-order valence-corrected chi connectivity index (χ3v) is 7.16. The number of carbonyl (C=O) groups excluding carboxylic acids is 1. The number of halogens is 1. The smallest absolute Gasteiger partial charge is 0.253 e.